The standard InChI is InChI=1S/C28H33NO/c1-5-22-12-10-11-15-27(22)28(26(6-2)23-13-8-7-9-14-23)24-16-18-25(19-17-24)30-21-20-29(3)4/h7-19H,5-6,20-21H2,1-4H3/b28-26-. The molecule has 2 heteroatoms. The van der Waals surface area contributed by atoms with Crippen molar-refractivity contribution < 1.29 is 4.74 Å². The lowest BCUT2D eigenvalue weighted by molar-refractivity contribution is 0.261. The summed E-state index contributed by atoms with van der Waals surface area (Å²) in [5.41, 5.74) is 7.91. The molecule has 3 rings (SSSR count). The average Bonchev–Trinajstić information content (AvgIpc) is 2.78. The van der Waals surface area contributed by atoms with Crippen molar-refractivity contribution in [3.63, 3.8) is 0 Å². The zero-order chi connectivity index (χ0) is 21.3. The Morgan fingerprint density at radius 1 is 0.767 bits per heavy atom. The van der Waals surface area contributed by atoms with Crippen LogP contribution in [0.4, 0.5) is 0 Å². The molecule has 0 aliphatic carbocycles. The van der Waals surface area contributed by atoms with Gasteiger partial charge in [-0.25, -0.2) is 0 Å². The van der Waals surface area contributed by atoms with E-state index >= 15 is 0 Å². The Labute approximate surface area is 181 Å². The Bertz CT molecular complexity index is 955. The van der Waals surface area contributed by atoms with Crippen LogP contribution in [0.3, 0.4) is 0 Å². The number of ether oxygens (including phenoxy) is 1. The van der Waals surface area contributed by atoms with Crippen LogP contribution in [0.2, 0.25) is 0 Å². The van der Waals surface area contributed by atoms with E-state index in [1.54, 1.807) is 0 Å². The molecule has 0 saturated heterocycles. The predicted octanol–water partition coefficient (Wildman–Crippen LogP) is 6.56. The average molecular weight is 400 g/mol. The molecule has 0 radical (unpaired) electrons. The third-order valence-electron chi connectivity index (χ3n) is 5.40. The molecule has 0 spiro atoms. The van der Waals surface area contributed by atoms with Gasteiger partial charge in [-0.2, -0.15) is 0 Å². The lowest BCUT2D eigenvalue weighted by Gasteiger charge is -2.19. The second-order valence-electron chi connectivity index (χ2n) is 7.76. The van der Waals surface area contributed by atoms with E-state index in [1.165, 1.54) is 33.4 Å². The molecule has 0 aliphatic heterocycles. The largest absolute Gasteiger partial charge is 0.492 e. The summed E-state index contributed by atoms with van der Waals surface area (Å²) in [6.07, 6.45) is 1.98. The smallest absolute Gasteiger partial charge is 0.119 e. The lowest BCUT2D eigenvalue weighted by Crippen LogP contribution is -2.19. The third-order valence-corrected chi connectivity index (χ3v) is 5.40. The van der Waals surface area contributed by atoms with Gasteiger partial charge in [0.1, 0.15) is 12.4 Å². The molecule has 156 valence electrons. The van der Waals surface area contributed by atoms with Crippen molar-refractivity contribution in [2.75, 3.05) is 27.2 Å². The maximum absolute atomic E-state index is 5.92. The summed E-state index contributed by atoms with van der Waals surface area (Å²) in [4.78, 5) is 2.13. The molecule has 0 atom stereocenters. The van der Waals surface area contributed by atoms with Crippen LogP contribution in [0.25, 0.3) is 11.1 Å². The van der Waals surface area contributed by atoms with Gasteiger partial charge in [0.25, 0.3) is 0 Å². The first-order valence-corrected chi connectivity index (χ1v) is 10.9. The van der Waals surface area contributed by atoms with Crippen LogP contribution in [0.5, 0.6) is 5.75 Å². The van der Waals surface area contributed by atoms with Crippen molar-refractivity contribution in [3.05, 3.63) is 101 Å². The first-order chi connectivity index (χ1) is 14.6. The second-order valence-corrected chi connectivity index (χ2v) is 7.76. The van der Waals surface area contributed by atoms with E-state index in [-0.39, 0.29) is 0 Å². The molecule has 0 aliphatic rings. The van der Waals surface area contributed by atoms with E-state index in [0.717, 1.165) is 25.1 Å². The Morgan fingerprint density at radius 3 is 2.07 bits per heavy atom. The van der Waals surface area contributed by atoms with Gasteiger partial charge in [-0.1, -0.05) is 80.6 Å². The molecule has 0 amide bonds. The third kappa shape index (κ3) is 5.40. The molecule has 0 unspecified atom stereocenters. The SMILES string of the molecule is CC/C(=C(\c1ccc(OCCN(C)C)cc1)c1ccccc1CC)c1ccccc1. The summed E-state index contributed by atoms with van der Waals surface area (Å²) >= 11 is 0. The molecule has 30 heavy (non-hydrogen) atoms. The first kappa shape index (κ1) is 21.9. The van der Waals surface area contributed by atoms with Crippen molar-refractivity contribution in [2.24, 2.45) is 0 Å². The monoisotopic (exact) mass is 399 g/mol. The Morgan fingerprint density at radius 2 is 1.43 bits per heavy atom. The van der Waals surface area contributed by atoms with Gasteiger partial charge in [-0.15, -0.1) is 0 Å². The van der Waals surface area contributed by atoms with Crippen molar-refractivity contribution in [1.82, 2.24) is 4.90 Å². The van der Waals surface area contributed by atoms with Crippen LogP contribution in [0, 0.1) is 0 Å². The topological polar surface area (TPSA) is 12.5 Å². The number of allylic oxidation sites excluding steroid dienone is 1. The maximum atomic E-state index is 5.92. The van der Waals surface area contributed by atoms with Gasteiger partial charge >= 0.3 is 0 Å². The molecular formula is C28H33NO. The number of aryl methyl sites for hydroxylation is 1. The molecule has 0 aromatic heterocycles. The van der Waals surface area contributed by atoms with Crippen LogP contribution in [-0.4, -0.2) is 32.1 Å². The second kappa shape index (κ2) is 10.8. The minimum Gasteiger partial charge on any atom is -0.492 e. The fraction of sp³-hybridized carbons (Fsp3) is 0.286. The van der Waals surface area contributed by atoms with E-state index in [0.29, 0.717) is 6.61 Å². The summed E-state index contributed by atoms with van der Waals surface area (Å²) in [5, 5.41) is 0. The number of likely N-dealkylation sites (N-methyl/N-ethyl adjacent to an activating group) is 1. The van der Waals surface area contributed by atoms with Gasteiger partial charge in [0.05, 0.1) is 0 Å². The molecule has 3 aromatic carbocycles. The van der Waals surface area contributed by atoms with E-state index in [1.807, 2.05) is 0 Å². The van der Waals surface area contributed by atoms with E-state index < -0.39 is 0 Å². The van der Waals surface area contributed by atoms with Gasteiger partial charge in [0.15, 0.2) is 0 Å². The van der Waals surface area contributed by atoms with Gasteiger partial charge in [-0.05, 0) is 72.5 Å². The van der Waals surface area contributed by atoms with Crippen LogP contribution in [-0.2, 0) is 6.42 Å². The molecule has 0 fully saturated rings. The number of benzene rings is 3. The quantitative estimate of drug-likeness (QED) is 0.378. The lowest BCUT2D eigenvalue weighted by atomic mass is 9.85. The Balaban J connectivity index is 2.08. The molecule has 0 heterocycles. The minimum absolute atomic E-state index is 0.692. The highest BCUT2D eigenvalue weighted by molar-refractivity contribution is 5.99. The van der Waals surface area contributed by atoms with E-state index in [2.05, 4.69) is 112 Å². The molecule has 2 nitrogen and oxygen atoms in total. The fourth-order valence-electron chi connectivity index (χ4n) is 3.79. The van der Waals surface area contributed by atoms with Crippen LogP contribution >= 0.6 is 0 Å². The van der Waals surface area contributed by atoms with Crippen LogP contribution in [0.15, 0.2) is 78.9 Å². The van der Waals surface area contributed by atoms with Gasteiger partial charge < -0.3 is 9.64 Å². The van der Waals surface area contributed by atoms with Crippen LogP contribution in [0.1, 0.15) is 42.5 Å². The highest BCUT2D eigenvalue weighted by Crippen LogP contribution is 2.36. The highest BCUT2D eigenvalue weighted by Gasteiger charge is 2.15. The highest BCUT2D eigenvalue weighted by atomic mass is 16.5. The normalized spacial score (nSPS) is 12.0. The van der Waals surface area contributed by atoms with Crippen molar-refractivity contribution in [3.8, 4) is 5.75 Å². The van der Waals surface area contributed by atoms with E-state index in [9.17, 15) is 0 Å². The summed E-state index contributed by atoms with van der Waals surface area (Å²) < 4.78 is 5.92. The van der Waals surface area contributed by atoms with Crippen molar-refractivity contribution in [1.29, 1.82) is 0 Å². The minimum atomic E-state index is 0.692. The zero-order valence-electron chi connectivity index (χ0n) is 18.7. The molecule has 0 bridgehead atoms. The summed E-state index contributed by atoms with van der Waals surface area (Å²) in [6, 6.07) is 28.1. The van der Waals surface area contributed by atoms with Gasteiger partial charge in [0.2, 0.25) is 0 Å². The molecular weight excluding hydrogens is 366 g/mol. The Kier molecular flexibility index (Phi) is 7.87. The zero-order valence-corrected chi connectivity index (χ0v) is 18.7. The number of hydrogen-bond acceptors (Lipinski definition) is 2. The summed E-state index contributed by atoms with van der Waals surface area (Å²) in [5.74, 6) is 0.918. The fourth-order valence-corrected chi connectivity index (χ4v) is 3.79. The van der Waals surface area contributed by atoms with Crippen LogP contribution < -0.4 is 4.74 Å². The summed E-state index contributed by atoms with van der Waals surface area (Å²) in [7, 11) is 4.12. The van der Waals surface area contributed by atoms with Gasteiger partial charge in [0, 0.05) is 6.54 Å². The molecule has 0 N–H and O–H groups in total. The number of nitrogens with zero attached hydrogens (tertiary/aromatic N) is 1. The van der Waals surface area contributed by atoms with Crippen molar-refractivity contribution >= 4 is 11.1 Å². The maximum Gasteiger partial charge on any atom is 0.119 e. The number of hydrogen-bond donors (Lipinski definition) is 0. The van der Waals surface area contributed by atoms with Crippen molar-refractivity contribution in [2.45, 2.75) is 26.7 Å². The van der Waals surface area contributed by atoms with E-state index in [4.69, 9.17) is 4.74 Å². The first-order valence-electron chi connectivity index (χ1n) is 10.9. The predicted molar refractivity (Wildman–Crippen MR) is 129 cm³/mol. The summed E-state index contributed by atoms with van der Waals surface area (Å²) in [6.45, 7) is 6.07. The Hall–Kier alpha value is -2.84. The van der Waals surface area contributed by atoms with Gasteiger partial charge in [-0.3, -0.25) is 0 Å². The molecule has 3 aromatic rings. The number of rotatable bonds is 9. The molecule has 0 saturated carbocycles.